The van der Waals surface area contributed by atoms with Crippen molar-refractivity contribution in [2.24, 2.45) is 5.73 Å². The summed E-state index contributed by atoms with van der Waals surface area (Å²) < 4.78 is 5.69. The Balaban J connectivity index is 2.54. The zero-order valence-electron chi connectivity index (χ0n) is 12.0. The van der Waals surface area contributed by atoms with Crippen molar-refractivity contribution in [3.05, 3.63) is 29.8 Å². The van der Waals surface area contributed by atoms with Crippen LogP contribution in [0.5, 0.6) is 5.75 Å². The summed E-state index contributed by atoms with van der Waals surface area (Å²) in [4.78, 5) is 11.5. The van der Waals surface area contributed by atoms with Gasteiger partial charge in [-0.3, -0.25) is 4.79 Å². The van der Waals surface area contributed by atoms with Crippen molar-refractivity contribution < 1.29 is 9.53 Å². The van der Waals surface area contributed by atoms with E-state index < -0.39 is 5.54 Å². The first-order valence-electron chi connectivity index (χ1n) is 6.78. The van der Waals surface area contributed by atoms with Gasteiger partial charge in [0.25, 0.3) is 0 Å². The summed E-state index contributed by atoms with van der Waals surface area (Å²) in [6.45, 7) is 7.02. The van der Waals surface area contributed by atoms with Gasteiger partial charge in [-0.1, -0.05) is 26.0 Å². The minimum Gasteiger partial charge on any atom is -0.494 e. The fourth-order valence-corrected chi connectivity index (χ4v) is 1.92. The van der Waals surface area contributed by atoms with E-state index in [9.17, 15) is 4.79 Å². The van der Waals surface area contributed by atoms with Crippen LogP contribution in [0.4, 0.5) is 0 Å². The molecule has 3 N–H and O–H groups in total. The predicted molar refractivity (Wildman–Crippen MR) is 77.2 cm³/mol. The fraction of sp³-hybridized carbons (Fsp3) is 0.533. The highest BCUT2D eigenvalue weighted by molar-refractivity contribution is 5.84. The molecule has 0 radical (unpaired) electrons. The molecular formula is C15H24N2O2. The molecule has 4 heteroatoms. The molecule has 0 aliphatic rings. The Kier molecular flexibility index (Phi) is 5.83. The topological polar surface area (TPSA) is 64.3 Å². The quantitative estimate of drug-likeness (QED) is 0.753. The maximum atomic E-state index is 11.5. The number of hydrogen-bond donors (Lipinski definition) is 2. The van der Waals surface area contributed by atoms with Gasteiger partial charge in [0, 0.05) is 6.42 Å². The third-order valence-corrected chi connectivity index (χ3v) is 3.29. The number of nitrogens with one attached hydrogen (secondary N) is 1. The normalized spacial score (nSPS) is 13.8. The molecule has 4 nitrogen and oxygen atoms in total. The van der Waals surface area contributed by atoms with E-state index >= 15 is 0 Å². The van der Waals surface area contributed by atoms with E-state index in [1.54, 1.807) is 0 Å². The van der Waals surface area contributed by atoms with E-state index in [1.165, 1.54) is 5.56 Å². The molecule has 0 heterocycles. The first-order chi connectivity index (χ1) is 9.01. The molecule has 0 aliphatic carbocycles. The lowest BCUT2D eigenvalue weighted by Gasteiger charge is -2.26. The predicted octanol–water partition coefficient (Wildman–Crippen LogP) is 1.87. The number of amides is 1. The maximum absolute atomic E-state index is 11.5. The SMILES string of the molecule is CCNC(C)(CCOc1cccc(CC)c1)C(N)=O. The van der Waals surface area contributed by atoms with Gasteiger partial charge in [0.05, 0.1) is 12.1 Å². The third-order valence-electron chi connectivity index (χ3n) is 3.29. The largest absolute Gasteiger partial charge is 0.494 e. The van der Waals surface area contributed by atoms with Crippen molar-refractivity contribution in [3.63, 3.8) is 0 Å². The molecular weight excluding hydrogens is 240 g/mol. The summed E-state index contributed by atoms with van der Waals surface area (Å²) in [7, 11) is 0. The Labute approximate surface area is 115 Å². The third kappa shape index (κ3) is 4.56. The summed E-state index contributed by atoms with van der Waals surface area (Å²) in [6, 6.07) is 7.99. The number of carbonyl (C=O) groups excluding carboxylic acids is 1. The van der Waals surface area contributed by atoms with Crippen LogP contribution in [-0.2, 0) is 11.2 Å². The zero-order chi connectivity index (χ0) is 14.3. The van der Waals surface area contributed by atoms with Crippen LogP contribution in [0.3, 0.4) is 0 Å². The molecule has 0 aromatic heterocycles. The molecule has 1 atom stereocenters. The lowest BCUT2D eigenvalue weighted by atomic mass is 9.97. The molecule has 0 fully saturated rings. The van der Waals surface area contributed by atoms with E-state index in [4.69, 9.17) is 10.5 Å². The molecule has 1 unspecified atom stereocenters. The van der Waals surface area contributed by atoms with E-state index in [1.807, 2.05) is 32.0 Å². The number of carbonyl (C=O) groups is 1. The summed E-state index contributed by atoms with van der Waals surface area (Å²) in [5.41, 5.74) is 5.95. The van der Waals surface area contributed by atoms with Crippen molar-refractivity contribution in [3.8, 4) is 5.75 Å². The number of benzene rings is 1. The molecule has 1 aromatic carbocycles. The summed E-state index contributed by atoms with van der Waals surface area (Å²) >= 11 is 0. The van der Waals surface area contributed by atoms with Crippen molar-refractivity contribution in [1.82, 2.24) is 5.32 Å². The number of primary amides is 1. The van der Waals surface area contributed by atoms with Gasteiger partial charge in [-0.25, -0.2) is 0 Å². The Morgan fingerprint density at radius 3 is 2.74 bits per heavy atom. The van der Waals surface area contributed by atoms with Gasteiger partial charge in [0.15, 0.2) is 0 Å². The molecule has 1 amide bonds. The van der Waals surface area contributed by atoms with Gasteiger partial charge in [0.1, 0.15) is 5.75 Å². The van der Waals surface area contributed by atoms with Gasteiger partial charge < -0.3 is 15.8 Å². The average Bonchev–Trinajstić information content (AvgIpc) is 2.39. The van der Waals surface area contributed by atoms with Crippen LogP contribution in [0.15, 0.2) is 24.3 Å². The van der Waals surface area contributed by atoms with E-state index in [2.05, 4.69) is 18.3 Å². The number of hydrogen-bond acceptors (Lipinski definition) is 3. The van der Waals surface area contributed by atoms with E-state index in [0.717, 1.165) is 12.2 Å². The van der Waals surface area contributed by atoms with Gasteiger partial charge >= 0.3 is 0 Å². The fourth-order valence-electron chi connectivity index (χ4n) is 1.92. The van der Waals surface area contributed by atoms with Crippen molar-refractivity contribution >= 4 is 5.91 Å². The molecule has 0 saturated carbocycles. The molecule has 106 valence electrons. The zero-order valence-corrected chi connectivity index (χ0v) is 12.0. The Morgan fingerprint density at radius 2 is 2.16 bits per heavy atom. The van der Waals surface area contributed by atoms with Crippen LogP contribution in [0.1, 0.15) is 32.8 Å². The highest BCUT2D eigenvalue weighted by atomic mass is 16.5. The standard InChI is InChI=1S/C15H24N2O2/c1-4-12-7-6-8-13(11-12)19-10-9-15(3,14(16)18)17-5-2/h6-8,11,17H,4-5,9-10H2,1-3H3,(H2,16,18). The Bertz CT molecular complexity index is 420. The first-order valence-corrected chi connectivity index (χ1v) is 6.78. The summed E-state index contributed by atoms with van der Waals surface area (Å²) in [5.74, 6) is 0.489. The van der Waals surface area contributed by atoms with E-state index in [-0.39, 0.29) is 5.91 Å². The van der Waals surface area contributed by atoms with Gasteiger partial charge in [0.2, 0.25) is 5.91 Å². The molecule has 1 aromatic rings. The number of nitrogens with two attached hydrogens (primary N) is 1. The maximum Gasteiger partial charge on any atom is 0.237 e. The highest BCUT2D eigenvalue weighted by Crippen LogP contribution is 2.16. The summed E-state index contributed by atoms with van der Waals surface area (Å²) in [5, 5.41) is 3.11. The lowest BCUT2D eigenvalue weighted by Crippen LogP contribution is -2.53. The van der Waals surface area contributed by atoms with Crippen molar-refractivity contribution in [2.75, 3.05) is 13.2 Å². The second-order valence-electron chi connectivity index (χ2n) is 4.83. The molecule has 0 spiro atoms. The molecule has 0 bridgehead atoms. The van der Waals surface area contributed by atoms with Gasteiger partial charge in [-0.15, -0.1) is 0 Å². The van der Waals surface area contributed by atoms with Crippen LogP contribution in [0, 0.1) is 0 Å². The van der Waals surface area contributed by atoms with Crippen LogP contribution < -0.4 is 15.8 Å². The molecule has 0 aliphatic heterocycles. The minimum atomic E-state index is -0.711. The number of rotatable bonds is 8. The van der Waals surface area contributed by atoms with Crippen LogP contribution in [-0.4, -0.2) is 24.6 Å². The monoisotopic (exact) mass is 264 g/mol. The van der Waals surface area contributed by atoms with Gasteiger partial charge in [-0.05, 0) is 37.6 Å². The highest BCUT2D eigenvalue weighted by Gasteiger charge is 2.29. The number of aryl methyl sites for hydroxylation is 1. The number of likely N-dealkylation sites (N-methyl/N-ethyl adjacent to an activating group) is 1. The lowest BCUT2D eigenvalue weighted by molar-refractivity contribution is -0.124. The Morgan fingerprint density at radius 1 is 1.42 bits per heavy atom. The number of ether oxygens (including phenoxy) is 1. The minimum absolute atomic E-state index is 0.347. The second-order valence-corrected chi connectivity index (χ2v) is 4.83. The average molecular weight is 264 g/mol. The van der Waals surface area contributed by atoms with E-state index in [0.29, 0.717) is 19.6 Å². The molecule has 0 saturated heterocycles. The van der Waals surface area contributed by atoms with Crippen molar-refractivity contribution in [2.45, 2.75) is 39.2 Å². The molecule has 19 heavy (non-hydrogen) atoms. The second kappa shape index (κ2) is 7.14. The van der Waals surface area contributed by atoms with Crippen LogP contribution >= 0.6 is 0 Å². The summed E-state index contributed by atoms with van der Waals surface area (Å²) in [6.07, 6.45) is 1.53. The van der Waals surface area contributed by atoms with Crippen molar-refractivity contribution in [1.29, 1.82) is 0 Å². The Hall–Kier alpha value is -1.55. The molecule has 1 rings (SSSR count). The van der Waals surface area contributed by atoms with Crippen LogP contribution in [0.25, 0.3) is 0 Å². The van der Waals surface area contributed by atoms with Gasteiger partial charge in [-0.2, -0.15) is 0 Å². The first kappa shape index (κ1) is 15.5. The van der Waals surface area contributed by atoms with Crippen LogP contribution in [0.2, 0.25) is 0 Å². The smallest absolute Gasteiger partial charge is 0.237 e.